The van der Waals surface area contributed by atoms with Gasteiger partial charge in [0.2, 0.25) is 5.91 Å². The molecule has 2 aromatic heterocycles. The quantitative estimate of drug-likeness (QED) is 0.602. The van der Waals surface area contributed by atoms with Crippen LogP contribution in [0.2, 0.25) is 0 Å². The summed E-state index contributed by atoms with van der Waals surface area (Å²) in [5.74, 6) is -0.396. The summed E-state index contributed by atoms with van der Waals surface area (Å²) in [6, 6.07) is 14.7. The lowest BCUT2D eigenvalue weighted by Crippen LogP contribution is -2.36. The summed E-state index contributed by atoms with van der Waals surface area (Å²) in [6.45, 7) is 1.71. The monoisotopic (exact) mass is 421 g/mol. The summed E-state index contributed by atoms with van der Waals surface area (Å²) in [5, 5.41) is 9.47. The molecule has 2 N–H and O–H groups in total. The number of hydrogen-bond acceptors (Lipinski definition) is 5. The maximum absolute atomic E-state index is 13.0. The number of nitrogens with zero attached hydrogens (tertiary/aromatic N) is 3. The van der Waals surface area contributed by atoms with Gasteiger partial charge in [-0.15, -0.1) is 0 Å². The van der Waals surface area contributed by atoms with Crippen LogP contribution in [0, 0.1) is 0 Å². The number of amides is 3. The van der Waals surface area contributed by atoms with Gasteiger partial charge < -0.3 is 20.0 Å². The predicted molar refractivity (Wildman–Crippen MR) is 111 cm³/mol. The maximum Gasteiger partial charge on any atom is 0.272 e. The van der Waals surface area contributed by atoms with E-state index in [9.17, 15) is 14.4 Å². The molecular formula is C22H23N5O4. The van der Waals surface area contributed by atoms with Gasteiger partial charge in [-0.1, -0.05) is 30.3 Å². The molecule has 0 saturated carbocycles. The molecule has 0 aliphatic carbocycles. The molecule has 0 saturated heterocycles. The first-order chi connectivity index (χ1) is 15.1. The van der Waals surface area contributed by atoms with Gasteiger partial charge in [0.15, 0.2) is 5.69 Å². The Morgan fingerprint density at radius 3 is 2.68 bits per heavy atom. The van der Waals surface area contributed by atoms with Crippen molar-refractivity contribution in [1.82, 2.24) is 25.3 Å². The third kappa shape index (κ3) is 5.00. The van der Waals surface area contributed by atoms with Crippen LogP contribution in [0.3, 0.4) is 0 Å². The van der Waals surface area contributed by atoms with E-state index in [1.165, 1.54) is 12.3 Å². The number of carbonyl (C=O) groups is 3. The zero-order valence-electron chi connectivity index (χ0n) is 16.9. The minimum Gasteiger partial charge on any atom is -0.467 e. The molecule has 160 valence electrons. The Balaban J connectivity index is 1.36. The van der Waals surface area contributed by atoms with E-state index in [2.05, 4.69) is 15.7 Å². The zero-order chi connectivity index (χ0) is 21.6. The molecule has 4 rings (SSSR count). The fraction of sp³-hybridized carbons (Fsp3) is 0.273. The van der Waals surface area contributed by atoms with Gasteiger partial charge in [0.1, 0.15) is 11.5 Å². The van der Waals surface area contributed by atoms with Crippen molar-refractivity contribution in [3.63, 3.8) is 0 Å². The first kappa shape index (κ1) is 20.4. The summed E-state index contributed by atoms with van der Waals surface area (Å²) in [5.41, 5.74) is 1.53. The second-order valence-corrected chi connectivity index (χ2v) is 7.24. The summed E-state index contributed by atoms with van der Waals surface area (Å²) < 4.78 is 6.71. The zero-order valence-corrected chi connectivity index (χ0v) is 16.9. The van der Waals surface area contributed by atoms with Crippen LogP contribution in [0.15, 0.2) is 59.2 Å². The van der Waals surface area contributed by atoms with Crippen LogP contribution in [0.25, 0.3) is 0 Å². The topological polar surface area (TPSA) is 109 Å². The van der Waals surface area contributed by atoms with Gasteiger partial charge in [0, 0.05) is 25.7 Å². The second-order valence-electron chi connectivity index (χ2n) is 7.24. The molecule has 9 nitrogen and oxygen atoms in total. The number of rotatable bonds is 7. The van der Waals surface area contributed by atoms with Crippen molar-refractivity contribution >= 4 is 17.7 Å². The van der Waals surface area contributed by atoms with E-state index in [1.54, 1.807) is 21.7 Å². The molecular weight excluding hydrogens is 398 g/mol. The molecule has 0 bridgehead atoms. The van der Waals surface area contributed by atoms with E-state index in [0.29, 0.717) is 31.1 Å². The largest absolute Gasteiger partial charge is 0.467 e. The number of benzene rings is 1. The Kier molecular flexibility index (Phi) is 6.11. The SMILES string of the molecule is O=C(CNC(=O)c1cc2n(n1)CCCN(Cc1ccccc1)C2=O)NCc1ccco1. The van der Waals surface area contributed by atoms with Gasteiger partial charge in [0.25, 0.3) is 11.8 Å². The standard InChI is InChI=1S/C22H23N5O4/c28-20(23-13-17-8-4-11-31-17)14-24-21(29)18-12-19-22(30)26(9-5-10-27(19)25-18)15-16-6-2-1-3-7-16/h1-4,6-8,11-12H,5,9-10,13-15H2,(H,23,28)(H,24,29). The molecule has 3 aromatic rings. The number of carbonyl (C=O) groups excluding carboxylic acids is 3. The molecule has 0 spiro atoms. The van der Waals surface area contributed by atoms with Crippen LogP contribution >= 0.6 is 0 Å². The summed E-state index contributed by atoms with van der Waals surface area (Å²) in [6.07, 6.45) is 2.26. The Morgan fingerprint density at radius 2 is 1.90 bits per heavy atom. The average Bonchev–Trinajstić information content (AvgIpc) is 3.43. The Hall–Kier alpha value is -3.88. The van der Waals surface area contributed by atoms with Crippen molar-refractivity contribution in [2.24, 2.45) is 0 Å². The lowest BCUT2D eigenvalue weighted by Gasteiger charge is -2.20. The van der Waals surface area contributed by atoms with Crippen LogP contribution in [0.4, 0.5) is 0 Å². The molecule has 0 atom stereocenters. The lowest BCUT2D eigenvalue weighted by atomic mass is 10.2. The van der Waals surface area contributed by atoms with Crippen molar-refractivity contribution in [3.05, 3.63) is 77.5 Å². The minimum atomic E-state index is -0.504. The number of nitrogens with one attached hydrogen (secondary N) is 2. The number of aromatic nitrogens is 2. The van der Waals surface area contributed by atoms with E-state index in [0.717, 1.165) is 12.0 Å². The highest BCUT2D eigenvalue weighted by Crippen LogP contribution is 2.16. The van der Waals surface area contributed by atoms with Crippen LogP contribution in [0.5, 0.6) is 0 Å². The van der Waals surface area contributed by atoms with Crippen molar-refractivity contribution in [1.29, 1.82) is 0 Å². The number of aryl methyl sites for hydroxylation is 1. The summed E-state index contributed by atoms with van der Waals surface area (Å²) in [7, 11) is 0. The highest BCUT2D eigenvalue weighted by molar-refractivity contribution is 5.99. The third-order valence-electron chi connectivity index (χ3n) is 4.98. The predicted octanol–water partition coefficient (Wildman–Crippen LogP) is 1.57. The minimum absolute atomic E-state index is 0.115. The normalized spacial score (nSPS) is 13.4. The maximum atomic E-state index is 13.0. The first-order valence-corrected chi connectivity index (χ1v) is 10.1. The van der Waals surface area contributed by atoms with Gasteiger partial charge in [-0.05, 0) is 24.1 Å². The molecule has 0 fully saturated rings. The number of fused-ring (bicyclic) bond motifs is 1. The van der Waals surface area contributed by atoms with Gasteiger partial charge >= 0.3 is 0 Å². The number of furan rings is 1. The smallest absolute Gasteiger partial charge is 0.272 e. The molecule has 1 aliphatic rings. The van der Waals surface area contributed by atoms with E-state index in [4.69, 9.17) is 4.42 Å². The molecule has 1 aromatic carbocycles. The Bertz CT molecular complexity index is 1060. The molecule has 0 unspecified atom stereocenters. The first-order valence-electron chi connectivity index (χ1n) is 10.1. The van der Waals surface area contributed by atoms with E-state index in [-0.39, 0.29) is 30.6 Å². The highest BCUT2D eigenvalue weighted by Gasteiger charge is 2.26. The van der Waals surface area contributed by atoms with Gasteiger partial charge in [0.05, 0.1) is 19.4 Å². The van der Waals surface area contributed by atoms with Crippen molar-refractivity contribution < 1.29 is 18.8 Å². The average molecular weight is 421 g/mol. The van der Waals surface area contributed by atoms with E-state index < -0.39 is 5.91 Å². The fourth-order valence-electron chi connectivity index (χ4n) is 3.41. The second kappa shape index (κ2) is 9.29. The van der Waals surface area contributed by atoms with E-state index in [1.807, 2.05) is 30.3 Å². The summed E-state index contributed by atoms with van der Waals surface area (Å²) in [4.78, 5) is 39.1. The fourth-order valence-corrected chi connectivity index (χ4v) is 3.41. The van der Waals surface area contributed by atoms with Gasteiger partial charge in [-0.3, -0.25) is 19.1 Å². The van der Waals surface area contributed by atoms with Crippen molar-refractivity contribution in [3.8, 4) is 0 Å². The number of hydrogen-bond donors (Lipinski definition) is 2. The van der Waals surface area contributed by atoms with Crippen LogP contribution in [-0.2, 0) is 24.4 Å². The summed E-state index contributed by atoms with van der Waals surface area (Å²) >= 11 is 0. The molecule has 9 heteroatoms. The molecule has 3 amide bonds. The van der Waals surface area contributed by atoms with Gasteiger partial charge in [-0.25, -0.2) is 0 Å². The van der Waals surface area contributed by atoms with Crippen LogP contribution in [-0.4, -0.2) is 45.5 Å². The van der Waals surface area contributed by atoms with Crippen LogP contribution < -0.4 is 10.6 Å². The molecule has 0 radical (unpaired) electrons. The van der Waals surface area contributed by atoms with Crippen LogP contribution in [0.1, 0.15) is 38.7 Å². The molecule has 31 heavy (non-hydrogen) atoms. The van der Waals surface area contributed by atoms with Gasteiger partial charge in [-0.2, -0.15) is 5.10 Å². The Labute approximate surface area is 179 Å². The lowest BCUT2D eigenvalue weighted by molar-refractivity contribution is -0.120. The molecule has 3 heterocycles. The Morgan fingerprint density at radius 1 is 1.06 bits per heavy atom. The van der Waals surface area contributed by atoms with E-state index >= 15 is 0 Å². The highest BCUT2D eigenvalue weighted by atomic mass is 16.3. The third-order valence-corrected chi connectivity index (χ3v) is 4.98. The van der Waals surface area contributed by atoms with Crippen molar-refractivity contribution in [2.75, 3.05) is 13.1 Å². The molecule has 1 aliphatic heterocycles. The van der Waals surface area contributed by atoms with Crippen molar-refractivity contribution in [2.45, 2.75) is 26.1 Å².